The Bertz CT molecular complexity index is 676. The fourth-order valence-electron chi connectivity index (χ4n) is 3.04. The minimum atomic E-state index is -0.602. The summed E-state index contributed by atoms with van der Waals surface area (Å²) in [5.74, 6) is -0.972. The molecule has 5 heteroatoms. The second-order valence-corrected chi connectivity index (χ2v) is 5.91. The van der Waals surface area contributed by atoms with E-state index < -0.39 is 11.6 Å². The van der Waals surface area contributed by atoms with Crippen LogP contribution in [0.25, 0.3) is 5.69 Å². The van der Waals surface area contributed by atoms with E-state index in [4.69, 9.17) is 5.73 Å². The lowest BCUT2D eigenvalue weighted by atomic mass is 9.89. The van der Waals surface area contributed by atoms with Gasteiger partial charge in [0.15, 0.2) is 5.82 Å². The van der Waals surface area contributed by atoms with Crippen molar-refractivity contribution in [2.45, 2.75) is 45.1 Å². The van der Waals surface area contributed by atoms with Gasteiger partial charge in [-0.3, -0.25) is 0 Å². The monoisotopic (exact) mass is 291 g/mol. The fourth-order valence-corrected chi connectivity index (χ4v) is 3.04. The largest absolute Gasteiger partial charge is 0.324 e. The molecule has 1 aromatic heterocycles. The summed E-state index contributed by atoms with van der Waals surface area (Å²) in [7, 11) is 0. The van der Waals surface area contributed by atoms with Crippen molar-refractivity contribution in [2.75, 3.05) is 0 Å². The Hall–Kier alpha value is -1.75. The van der Waals surface area contributed by atoms with Crippen LogP contribution in [0, 0.1) is 11.6 Å². The van der Waals surface area contributed by atoms with Crippen LogP contribution in [0.2, 0.25) is 0 Å². The number of rotatable bonds is 2. The molecule has 2 aromatic rings. The Balaban J connectivity index is 2.21. The van der Waals surface area contributed by atoms with Gasteiger partial charge in [0.25, 0.3) is 0 Å². The second-order valence-electron chi connectivity index (χ2n) is 5.91. The van der Waals surface area contributed by atoms with E-state index in [-0.39, 0.29) is 17.6 Å². The second kappa shape index (κ2) is 5.22. The highest BCUT2D eigenvalue weighted by Gasteiger charge is 2.28. The molecule has 0 saturated heterocycles. The summed E-state index contributed by atoms with van der Waals surface area (Å²) >= 11 is 0. The molecule has 112 valence electrons. The number of fused-ring (bicyclic) bond motifs is 1. The van der Waals surface area contributed by atoms with E-state index >= 15 is 0 Å². The lowest BCUT2D eigenvalue weighted by Gasteiger charge is -2.21. The fraction of sp³-hybridized carbons (Fsp3) is 0.438. The molecule has 1 heterocycles. The van der Waals surface area contributed by atoms with E-state index in [9.17, 15) is 8.78 Å². The third-order valence-electron chi connectivity index (χ3n) is 4.03. The van der Waals surface area contributed by atoms with E-state index in [2.05, 4.69) is 18.9 Å². The molecule has 0 amide bonds. The maximum atomic E-state index is 14.1. The first-order valence-electron chi connectivity index (χ1n) is 7.31. The molecule has 1 unspecified atom stereocenters. The predicted octanol–water partition coefficient (Wildman–Crippen LogP) is 3.61. The smallest absolute Gasteiger partial charge is 0.151 e. The highest BCUT2D eigenvalue weighted by molar-refractivity contribution is 5.42. The molecule has 3 nitrogen and oxygen atoms in total. The maximum absolute atomic E-state index is 14.1. The van der Waals surface area contributed by atoms with Crippen molar-refractivity contribution in [1.82, 2.24) is 9.78 Å². The standard InChI is InChI=1S/C16H19F2N3/c1-9(2)16-15-12(19)4-3-5-14(15)21(20-16)13-7-6-10(17)8-11(13)18/h6-9,12H,3-5,19H2,1-2H3. The van der Waals surface area contributed by atoms with Crippen LogP contribution in [-0.4, -0.2) is 9.78 Å². The summed E-state index contributed by atoms with van der Waals surface area (Å²) in [6, 6.07) is 3.52. The van der Waals surface area contributed by atoms with Gasteiger partial charge in [0.1, 0.15) is 11.5 Å². The molecule has 0 radical (unpaired) electrons. The Morgan fingerprint density at radius 2 is 2.10 bits per heavy atom. The van der Waals surface area contributed by atoms with Gasteiger partial charge in [0.05, 0.1) is 5.69 Å². The van der Waals surface area contributed by atoms with Gasteiger partial charge >= 0.3 is 0 Å². The molecule has 3 rings (SSSR count). The molecule has 21 heavy (non-hydrogen) atoms. The maximum Gasteiger partial charge on any atom is 0.151 e. The summed E-state index contributed by atoms with van der Waals surface area (Å²) in [6.07, 6.45) is 2.70. The molecule has 1 aliphatic carbocycles. The quantitative estimate of drug-likeness (QED) is 0.918. The zero-order chi connectivity index (χ0) is 15.1. The Labute approximate surface area is 122 Å². The number of nitrogens with two attached hydrogens (primary N) is 1. The third-order valence-corrected chi connectivity index (χ3v) is 4.03. The van der Waals surface area contributed by atoms with Crippen molar-refractivity contribution in [3.05, 3.63) is 46.8 Å². The molecule has 0 saturated carbocycles. The minimum absolute atomic E-state index is 0.0524. The number of aromatic nitrogens is 2. The number of hydrogen-bond acceptors (Lipinski definition) is 2. The van der Waals surface area contributed by atoms with E-state index in [1.807, 2.05) is 0 Å². The van der Waals surface area contributed by atoms with Crippen molar-refractivity contribution < 1.29 is 8.78 Å². The molecule has 1 aliphatic rings. The number of nitrogens with zero attached hydrogens (tertiary/aromatic N) is 2. The van der Waals surface area contributed by atoms with Crippen LogP contribution in [-0.2, 0) is 6.42 Å². The van der Waals surface area contributed by atoms with Crippen molar-refractivity contribution in [2.24, 2.45) is 5.73 Å². The minimum Gasteiger partial charge on any atom is -0.324 e. The normalized spacial score (nSPS) is 18.1. The van der Waals surface area contributed by atoms with Crippen molar-refractivity contribution >= 4 is 0 Å². The van der Waals surface area contributed by atoms with Crippen LogP contribution in [0.4, 0.5) is 8.78 Å². The van der Waals surface area contributed by atoms with Crippen molar-refractivity contribution in [1.29, 1.82) is 0 Å². The number of hydrogen-bond donors (Lipinski definition) is 1. The average Bonchev–Trinajstić information content (AvgIpc) is 2.80. The summed E-state index contributed by atoms with van der Waals surface area (Å²) in [4.78, 5) is 0. The van der Waals surface area contributed by atoms with Crippen molar-refractivity contribution in [3.8, 4) is 5.69 Å². The first-order chi connectivity index (χ1) is 9.99. The Morgan fingerprint density at radius 3 is 2.76 bits per heavy atom. The SMILES string of the molecule is CC(C)c1nn(-c2ccc(F)cc2F)c2c1C(N)CCC2. The highest BCUT2D eigenvalue weighted by Crippen LogP contribution is 2.35. The molecular formula is C16H19F2N3. The van der Waals surface area contributed by atoms with Crippen LogP contribution >= 0.6 is 0 Å². The van der Waals surface area contributed by atoms with Gasteiger partial charge in [-0.2, -0.15) is 5.10 Å². The highest BCUT2D eigenvalue weighted by atomic mass is 19.1. The molecule has 0 spiro atoms. The zero-order valence-electron chi connectivity index (χ0n) is 12.2. The summed E-state index contributed by atoms with van der Waals surface area (Å²) < 4.78 is 28.8. The van der Waals surface area contributed by atoms with E-state index in [0.717, 1.165) is 42.3 Å². The van der Waals surface area contributed by atoms with Crippen molar-refractivity contribution in [3.63, 3.8) is 0 Å². The summed E-state index contributed by atoms with van der Waals surface area (Å²) in [6.45, 7) is 4.10. The Morgan fingerprint density at radius 1 is 1.33 bits per heavy atom. The van der Waals surface area contributed by atoms with Crippen LogP contribution in [0.3, 0.4) is 0 Å². The van der Waals surface area contributed by atoms with Gasteiger partial charge in [0, 0.05) is 23.4 Å². The van der Waals surface area contributed by atoms with Gasteiger partial charge in [-0.25, -0.2) is 13.5 Å². The molecule has 0 fully saturated rings. The first kappa shape index (κ1) is 14.2. The molecule has 2 N–H and O–H groups in total. The van der Waals surface area contributed by atoms with Gasteiger partial charge in [-0.1, -0.05) is 13.8 Å². The predicted molar refractivity (Wildman–Crippen MR) is 77.4 cm³/mol. The first-order valence-corrected chi connectivity index (χ1v) is 7.31. The third kappa shape index (κ3) is 2.35. The van der Waals surface area contributed by atoms with E-state index in [0.29, 0.717) is 0 Å². The lowest BCUT2D eigenvalue weighted by molar-refractivity contribution is 0.545. The lowest BCUT2D eigenvalue weighted by Crippen LogP contribution is -2.19. The molecule has 1 atom stereocenters. The van der Waals surface area contributed by atoms with E-state index in [1.165, 1.54) is 12.1 Å². The van der Waals surface area contributed by atoms with Gasteiger partial charge in [0.2, 0.25) is 0 Å². The Kier molecular flexibility index (Phi) is 3.53. The molecule has 0 aliphatic heterocycles. The number of benzene rings is 1. The number of halogens is 2. The van der Waals surface area contributed by atoms with Gasteiger partial charge < -0.3 is 5.73 Å². The molecule has 0 bridgehead atoms. The molecular weight excluding hydrogens is 272 g/mol. The summed E-state index contributed by atoms with van der Waals surface area (Å²) in [5.41, 5.74) is 9.44. The van der Waals surface area contributed by atoms with Crippen LogP contribution in [0.15, 0.2) is 18.2 Å². The average molecular weight is 291 g/mol. The summed E-state index contributed by atoms with van der Waals surface area (Å²) in [5, 5.41) is 4.58. The van der Waals surface area contributed by atoms with Gasteiger partial charge in [-0.15, -0.1) is 0 Å². The van der Waals surface area contributed by atoms with Crippen LogP contribution < -0.4 is 5.73 Å². The van der Waals surface area contributed by atoms with Crippen LogP contribution in [0.1, 0.15) is 55.6 Å². The van der Waals surface area contributed by atoms with Crippen LogP contribution in [0.5, 0.6) is 0 Å². The zero-order valence-corrected chi connectivity index (χ0v) is 12.2. The topological polar surface area (TPSA) is 43.8 Å². The van der Waals surface area contributed by atoms with Gasteiger partial charge in [-0.05, 0) is 37.3 Å². The molecule has 1 aromatic carbocycles. The van der Waals surface area contributed by atoms with E-state index in [1.54, 1.807) is 4.68 Å².